The molecule has 10 heteroatoms. The summed E-state index contributed by atoms with van der Waals surface area (Å²) >= 11 is 1.53. The number of ether oxygens (including phenoxy) is 2. The van der Waals surface area contributed by atoms with Crippen LogP contribution in [0.3, 0.4) is 0 Å². The van der Waals surface area contributed by atoms with E-state index in [1.807, 2.05) is 41.8 Å². The second-order valence-corrected chi connectivity index (χ2v) is 10.4. The molecule has 0 aliphatic heterocycles. The van der Waals surface area contributed by atoms with E-state index in [1.165, 1.54) is 11.3 Å². The van der Waals surface area contributed by atoms with Crippen LogP contribution in [0.25, 0.3) is 11.0 Å². The number of carbonyl (C=O) groups is 2. The molecule has 2 aromatic carbocycles. The van der Waals surface area contributed by atoms with Crippen molar-refractivity contribution in [2.45, 2.75) is 39.4 Å². The van der Waals surface area contributed by atoms with Crippen molar-refractivity contribution < 1.29 is 19.1 Å². The van der Waals surface area contributed by atoms with Crippen molar-refractivity contribution in [1.29, 1.82) is 0 Å². The summed E-state index contributed by atoms with van der Waals surface area (Å²) in [5.41, 5.74) is 2.02. The fraction of sp³-hybridized carbons (Fsp3) is 0.357. The van der Waals surface area contributed by atoms with E-state index in [4.69, 9.17) is 9.47 Å². The van der Waals surface area contributed by atoms with Crippen LogP contribution in [0.5, 0.6) is 11.5 Å². The highest BCUT2D eigenvalue weighted by atomic mass is 32.1. The third-order valence-electron chi connectivity index (χ3n) is 6.25. The molecule has 0 bridgehead atoms. The summed E-state index contributed by atoms with van der Waals surface area (Å²) in [7, 11) is 3.11. The summed E-state index contributed by atoms with van der Waals surface area (Å²) in [6.07, 6.45) is 0.821. The summed E-state index contributed by atoms with van der Waals surface area (Å²) < 4.78 is 12.6. The predicted molar refractivity (Wildman–Crippen MR) is 147 cm³/mol. The third-order valence-corrected chi connectivity index (χ3v) is 7.11. The molecule has 0 saturated heterocycles. The van der Waals surface area contributed by atoms with Crippen LogP contribution >= 0.6 is 11.3 Å². The SMILES string of the molecule is COc1ccc(C(C(=O)NCCC(C)C)N(Cc2cccs2)C(=O)Cn2nnc3ccccc32)c(OC)c1. The Morgan fingerprint density at radius 3 is 2.61 bits per heavy atom. The zero-order chi connectivity index (χ0) is 27.1. The molecule has 1 N–H and O–H groups in total. The van der Waals surface area contributed by atoms with Gasteiger partial charge in [-0.05, 0) is 48.1 Å². The van der Waals surface area contributed by atoms with Crippen molar-refractivity contribution in [2.75, 3.05) is 20.8 Å². The Morgan fingerprint density at radius 2 is 1.89 bits per heavy atom. The van der Waals surface area contributed by atoms with Gasteiger partial charge in [-0.2, -0.15) is 0 Å². The first kappa shape index (κ1) is 27.1. The molecule has 2 heterocycles. The lowest BCUT2D eigenvalue weighted by atomic mass is 10.0. The van der Waals surface area contributed by atoms with Crippen molar-refractivity contribution in [2.24, 2.45) is 5.92 Å². The molecule has 0 fully saturated rings. The van der Waals surface area contributed by atoms with Crippen LogP contribution in [0, 0.1) is 5.92 Å². The van der Waals surface area contributed by atoms with Gasteiger partial charge in [0.2, 0.25) is 11.8 Å². The van der Waals surface area contributed by atoms with Crippen molar-refractivity contribution in [3.63, 3.8) is 0 Å². The van der Waals surface area contributed by atoms with E-state index in [0.29, 0.717) is 35.0 Å². The standard InChI is InChI=1S/C28H33N5O4S/c1-19(2)13-14-29-28(35)27(22-12-11-20(36-3)16-25(22)37-4)32(17-21-8-7-15-38-21)26(34)18-33-24-10-6-5-9-23(24)30-31-33/h5-12,15-16,19,27H,13-14,17-18H2,1-4H3,(H,29,35). The molecule has 4 aromatic rings. The van der Waals surface area contributed by atoms with Crippen molar-refractivity contribution in [3.8, 4) is 11.5 Å². The number of hydrogen-bond acceptors (Lipinski definition) is 7. The largest absolute Gasteiger partial charge is 0.497 e. The van der Waals surface area contributed by atoms with E-state index in [9.17, 15) is 9.59 Å². The van der Waals surface area contributed by atoms with Gasteiger partial charge in [-0.3, -0.25) is 9.59 Å². The highest BCUT2D eigenvalue weighted by Gasteiger charge is 2.34. The van der Waals surface area contributed by atoms with E-state index in [1.54, 1.807) is 42.0 Å². The minimum Gasteiger partial charge on any atom is -0.497 e. The fourth-order valence-electron chi connectivity index (χ4n) is 4.22. The fourth-order valence-corrected chi connectivity index (χ4v) is 4.93. The normalized spacial score (nSPS) is 11.9. The molecule has 1 unspecified atom stereocenters. The molecule has 0 spiro atoms. The van der Waals surface area contributed by atoms with Crippen molar-refractivity contribution in [1.82, 2.24) is 25.2 Å². The van der Waals surface area contributed by atoms with Gasteiger partial charge in [0.15, 0.2) is 0 Å². The summed E-state index contributed by atoms with van der Waals surface area (Å²) in [5.74, 6) is 0.936. The molecule has 0 aliphatic carbocycles. The van der Waals surface area contributed by atoms with E-state index in [2.05, 4.69) is 29.5 Å². The number of carbonyl (C=O) groups excluding carboxylic acids is 2. The molecule has 1 atom stereocenters. The number of rotatable bonds is 12. The van der Waals surface area contributed by atoms with Gasteiger partial charge in [0, 0.05) is 23.1 Å². The van der Waals surface area contributed by atoms with E-state index >= 15 is 0 Å². The van der Waals surface area contributed by atoms with Crippen LogP contribution in [0.1, 0.15) is 36.8 Å². The zero-order valence-corrected chi connectivity index (χ0v) is 22.9. The number of amides is 2. The molecule has 38 heavy (non-hydrogen) atoms. The summed E-state index contributed by atoms with van der Waals surface area (Å²) in [6, 6.07) is 15.7. The van der Waals surface area contributed by atoms with Crippen molar-refractivity contribution >= 4 is 34.2 Å². The summed E-state index contributed by atoms with van der Waals surface area (Å²) in [4.78, 5) is 30.4. The quantitative estimate of drug-likeness (QED) is 0.288. The first-order chi connectivity index (χ1) is 18.4. The topological polar surface area (TPSA) is 98.6 Å². The number of methoxy groups -OCH3 is 2. The molecule has 200 valence electrons. The smallest absolute Gasteiger partial charge is 0.247 e. The first-order valence-electron chi connectivity index (χ1n) is 12.5. The van der Waals surface area contributed by atoms with Crippen LogP contribution in [0.4, 0.5) is 0 Å². The van der Waals surface area contributed by atoms with E-state index < -0.39 is 6.04 Å². The molecule has 2 amide bonds. The number of para-hydroxylation sites is 1. The minimum absolute atomic E-state index is 0.0693. The lowest BCUT2D eigenvalue weighted by Gasteiger charge is -2.32. The number of nitrogens with one attached hydrogen (secondary N) is 1. The number of nitrogens with zero attached hydrogens (tertiary/aromatic N) is 4. The maximum Gasteiger partial charge on any atom is 0.247 e. The molecular weight excluding hydrogens is 502 g/mol. The van der Waals surface area contributed by atoms with Gasteiger partial charge in [0.25, 0.3) is 0 Å². The highest BCUT2D eigenvalue weighted by molar-refractivity contribution is 7.09. The van der Waals surface area contributed by atoms with Crippen LogP contribution in [-0.2, 0) is 22.7 Å². The number of benzene rings is 2. The Balaban J connectivity index is 1.75. The lowest BCUT2D eigenvalue weighted by molar-refractivity contribution is -0.142. The van der Waals surface area contributed by atoms with Gasteiger partial charge in [-0.1, -0.05) is 37.3 Å². The molecule has 4 rings (SSSR count). The number of thiophene rings is 1. The van der Waals surface area contributed by atoms with Gasteiger partial charge in [-0.15, -0.1) is 16.4 Å². The maximum absolute atomic E-state index is 14.0. The van der Waals surface area contributed by atoms with E-state index in [-0.39, 0.29) is 24.9 Å². The first-order valence-corrected chi connectivity index (χ1v) is 13.4. The predicted octanol–water partition coefficient (Wildman–Crippen LogP) is 4.44. The highest BCUT2D eigenvalue weighted by Crippen LogP contribution is 2.34. The van der Waals surface area contributed by atoms with Gasteiger partial charge >= 0.3 is 0 Å². The average Bonchev–Trinajstić information content (AvgIpc) is 3.58. The molecule has 9 nitrogen and oxygen atoms in total. The van der Waals surface area contributed by atoms with Crippen LogP contribution in [0.2, 0.25) is 0 Å². The molecule has 0 aliphatic rings. The van der Waals surface area contributed by atoms with Gasteiger partial charge < -0.3 is 19.7 Å². The average molecular weight is 536 g/mol. The summed E-state index contributed by atoms with van der Waals surface area (Å²) in [6.45, 7) is 4.89. The number of aromatic nitrogens is 3. The third kappa shape index (κ3) is 6.31. The Hall–Kier alpha value is -3.92. The Morgan fingerprint density at radius 1 is 1.08 bits per heavy atom. The second kappa shape index (κ2) is 12.6. The van der Waals surface area contributed by atoms with E-state index in [0.717, 1.165) is 16.8 Å². The zero-order valence-electron chi connectivity index (χ0n) is 22.1. The minimum atomic E-state index is -0.938. The number of fused-ring (bicyclic) bond motifs is 1. The summed E-state index contributed by atoms with van der Waals surface area (Å²) in [5, 5.41) is 13.4. The van der Waals surface area contributed by atoms with Crippen LogP contribution in [0.15, 0.2) is 60.0 Å². The maximum atomic E-state index is 14.0. The van der Waals surface area contributed by atoms with Crippen LogP contribution in [-0.4, -0.2) is 52.5 Å². The lowest BCUT2D eigenvalue weighted by Crippen LogP contribution is -2.45. The Bertz CT molecular complexity index is 1370. The Labute approximate surface area is 226 Å². The van der Waals surface area contributed by atoms with Gasteiger partial charge in [0.05, 0.1) is 26.3 Å². The molecule has 0 saturated carbocycles. The monoisotopic (exact) mass is 535 g/mol. The number of hydrogen-bond donors (Lipinski definition) is 1. The Kier molecular flexibility index (Phi) is 8.96. The molecule has 2 aromatic heterocycles. The van der Waals surface area contributed by atoms with Gasteiger partial charge in [-0.25, -0.2) is 4.68 Å². The van der Waals surface area contributed by atoms with Crippen molar-refractivity contribution in [3.05, 3.63) is 70.4 Å². The second-order valence-electron chi connectivity index (χ2n) is 9.32. The van der Waals surface area contributed by atoms with Gasteiger partial charge in [0.1, 0.15) is 29.6 Å². The van der Waals surface area contributed by atoms with Crippen LogP contribution < -0.4 is 14.8 Å². The molecular formula is C28H33N5O4S. The molecule has 0 radical (unpaired) electrons.